The predicted octanol–water partition coefficient (Wildman–Crippen LogP) is 3.40. The number of rotatable bonds is 2. The molecule has 1 aromatic rings. The molecule has 1 saturated heterocycles. The summed E-state index contributed by atoms with van der Waals surface area (Å²) in [7, 11) is 0. The fourth-order valence-corrected chi connectivity index (χ4v) is 3.73. The monoisotopic (exact) mass is 245 g/mol. The lowest BCUT2D eigenvalue weighted by molar-refractivity contribution is 0.0820. The summed E-state index contributed by atoms with van der Waals surface area (Å²) in [6.45, 7) is 3.49. The van der Waals surface area contributed by atoms with Gasteiger partial charge in [-0.05, 0) is 48.9 Å². The molecule has 1 aromatic carbocycles. The number of hydrogen-bond acceptors (Lipinski definition) is 2. The van der Waals surface area contributed by atoms with E-state index in [2.05, 4.69) is 11.0 Å². The largest absolute Gasteiger partial charge is 0.508 e. The molecular formula is C16H23NO. The van der Waals surface area contributed by atoms with Crippen LogP contribution in [-0.4, -0.2) is 23.1 Å². The number of phenolic OH excluding ortho intramolecular Hbond substituents is 1. The standard InChI is InChI=1S/C16H23NO/c18-16-7-3-4-13(10-16)11-17-9-8-14-5-1-2-6-15(14)12-17/h3-4,7,10,14-15,18H,1-2,5-6,8-9,11-12H2. The number of aromatic hydroxyl groups is 1. The van der Waals surface area contributed by atoms with Crippen LogP contribution in [0.1, 0.15) is 37.7 Å². The van der Waals surface area contributed by atoms with Gasteiger partial charge in [0.2, 0.25) is 0 Å². The van der Waals surface area contributed by atoms with E-state index in [4.69, 9.17) is 0 Å². The van der Waals surface area contributed by atoms with Crippen LogP contribution in [0.5, 0.6) is 5.75 Å². The zero-order valence-electron chi connectivity index (χ0n) is 11.0. The third kappa shape index (κ3) is 2.69. The highest BCUT2D eigenvalue weighted by molar-refractivity contribution is 5.27. The smallest absolute Gasteiger partial charge is 0.115 e. The van der Waals surface area contributed by atoms with Gasteiger partial charge in [0.15, 0.2) is 0 Å². The molecule has 18 heavy (non-hydrogen) atoms. The molecule has 0 aromatic heterocycles. The van der Waals surface area contributed by atoms with Crippen LogP contribution < -0.4 is 0 Å². The number of benzene rings is 1. The van der Waals surface area contributed by atoms with Crippen molar-refractivity contribution in [3.8, 4) is 5.75 Å². The van der Waals surface area contributed by atoms with Gasteiger partial charge >= 0.3 is 0 Å². The van der Waals surface area contributed by atoms with Crippen molar-refractivity contribution in [3.63, 3.8) is 0 Å². The number of piperidine rings is 1. The molecule has 1 aliphatic carbocycles. The topological polar surface area (TPSA) is 23.5 Å². The molecule has 0 radical (unpaired) electrons. The van der Waals surface area contributed by atoms with Crippen molar-refractivity contribution < 1.29 is 5.11 Å². The first kappa shape index (κ1) is 12.0. The molecule has 2 aliphatic rings. The minimum atomic E-state index is 0.389. The van der Waals surface area contributed by atoms with Crippen LogP contribution in [0.15, 0.2) is 24.3 Å². The Morgan fingerprint density at radius 3 is 2.78 bits per heavy atom. The third-order valence-corrected chi connectivity index (χ3v) is 4.69. The second-order valence-electron chi connectivity index (χ2n) is 6.00. The maximum absolute atomic E-state index is 9.51. The second-order valence-corrected chi connectivity index (χ2v) is 6.00. The summed E-state index contributed by atoms with van der Waals surface area (Å²) < 4.78 is 0. The van der Waals surface area contributed by atoms with Crippen LogP contribution in [-0.2, 0) is 6.54 Å². The van der Waals surface area contributed by atoms with Gasteiger partial charge < -0.3 is 5.11 Å². The van der Waals surface area contributed by atoms with Gasteiger partial charge in [-0.1, -0.05) is 31.4 Å². The Bertz CT molecular complexity index is 404. The summed E-state index contributed by atoms with van der Waals surface area (Å²) in [5.74, 6) is 2.32. The SMILES string of the molecule is Oc1cccc(CN2CCC3CCCCC3C2)c1. The lowest BCUT2D eigenvalue weighted by atomic mass is 9.75. The van der Waals surface area contributed by atoms with E-state index in [1.54, 1.807) is 6.07 Å². The predicted molar refractivity (Wildman–Crippen MR) is 73.4 cm³/mol. The zero-order valence-corrected chi connectivity index (χ0v) is 11.0. The lowest BCUT2D eigenvalue weighted by Gasteiger charge is -2.41. The highest BCUT2D eigenvalue weighted by Crippen LogP contribution is 2.36. The molecule has 1 heterocycles. The Morgan fingerprint density at radius 1 is 1.11 bits per heavy atom. The fraction of sp³-hybridized carbons (Fsp3) is 0.625. The van der Waals surface area contributed by atoms with Gasteiger partial charge in [0.25, 0.3) is 0 Å². The number of hydrogen-bond donors (Lipinski definition) is 1. The van der Waals surface area contributed by atoms with Crippen molar-refractivity contribution in [2.24, 2.45) is 11.8 Å². The van der Waals surface area contributed by atoms with Gasteiger partial charge in [0.1, 0.15) is 5.75 Å². The summed E-state index contributed by atoms with van der Waals surface area (Å²) in [5.41, 5.74) is 1.24. The molecule has 0 bridgehead atoms. The normalized spacial score (nSPS) is 28.9. The van der Waals surface area contributed by atoms with Crippen LogP contribution in [0.3, 0.4) is 0 Å². The van der Waals surface area contributed by atoms with Crippen LogP contribution in [0.4, 0.5) is 0 Å². The fourth-order valence-electron chi connectivity index (χ4n) is 3.73. The molecule has 1 N–H and O–H groups in total. The van der Waals surface area contributed by atoms with E-state index in [9.17, 15) is 5.11 Å². The molecule has 2 unspecified atom stereocenters. The quantitative estimate of drug-likeness (QED) is 0.863. The first-order valence-electron chi connectivity index (χ1n) is 7.31. The number of fused-ring (bicyclic) bond motifs is 1. The van der Waals surface area contributed by atoms with Crippen LogP contribution >= 0.6 is 0 Å². The van der Waals surface area contributed by atoms with E-state index in [1.165, 1.54) is 50.8 Å². The summed E-state index contributed by atoms with van der Waals surface area (Å²) in [5, 5.41) is 9.51. The first-order chi connectivity index (χ1) is 8.81. The van der Waals surface area contributed by atoms with Crippen molar-refractivity contribution in [3.05, 3.63) is 29.8 Å². The average Bonchev–Trinajstić information content (AvgIpc) is 2.39. The summed E-state index contributed by atoms with van der Waals surface area (Å²) >= 11 is 0. The maximum atomic E-state index is 9.51. The van der Waals surface area contributed by atoms with Crippen LogP contribution in [0.2, 0.25) is 0 Å². The Kier molecular flexibility index (Phi) is 3.55. The van der Waals surface area contributed by atoms with E-state index in [-0.39, 0.29) is 0 Å². The van der Waals surface area contributed by atoms with Crippen LogP contribution in [0.25, 0.3) is 0 Å². The zero-order chi connectivity index (χ0) is 12.4. The van der Waals surface area contributed by atoms with Crippen molar-refractivity contribution in [1.82, 2.24) is 4.90 Å². The Labute approximate surface area is 110 Å². The first-order valence-corrected chi connectivity index (χ1v) is 7.31. The van der Waals surface area contributed by atoms with Gasteiger partial charge in [-0.25, -0.2) is 0 Å². The van der Waals surface area contributed by atoms with Gasteiger partial charge in [-0.15, -0.1) is 0 Å². The molecule has 0 amide bonds. The third-order valence-electron chi connectivity index (χ3n) is 4.69. The number of phenols is 1. The van der Waals surface area contributed by atoms with E-state index in [0.717, 1.165) is 18.4 Å². The highest BCUT2D eigenvalue weighted by atomic mass is 16.3. The highest BCUT2D eigenvalue weighted by Gasteiger charge is 2.30. The summed E-state index contributed by atoms with van der Waals surface area (Å²) in [6, 6.07) is 7.70. The molecule has 3 rings (SSSR count). The molecule has 2 nitrogen and oxygen atoms in total. The molecule has 1 aliphatic heterocycles. The van der Waals surface area contributed by atoms with Crippen molar-refractivity contribution in [2.45, 2.75) is 38.6 Å². The molecule has 2 fully saturated rings. The van der Waals surface area contributed by atoms with Gasteiger partial charge in [0.05, 0.1) is 0 Å². The summed E-state index contributed by atoms with van der Waals surface area (Å²) in [6.07, 6.45) is 7.16. The Balaban J connectivity index is 1.61. The van der Waals surface area contributed by atoms with Crippen molar-refractivity contribution in [1.29, 1.82) is 0 Å². The molecule has 1 saturated carbocycles. The number of nitrogens with zero attached hydrogens (tertiary/aromatic N) is 1. The van der Waals surface area contributed by atoms with E-state index in [1.807, 2.05) is 12.1 Å². The molecule has 0 spiro atoms. The maximum Gasteiger partial charge on any atom is 0.115 e. The molecular weight excluding hydrogens is 222 g/mol. The Hall–Kier alpha value is -1.02. The van der Waals surface area contributed by atoms with Gasteiger partial charge in [-0.2, -0.15) is 0 Å². The average molecular weight is 245 g/mol. The Morgan fingerprint density at radius 2 is 1.94 bits per heavy atom. The lowest BCUT2D eigenvalue weighted by Crippen LogP contribution is -2.41. The van der Waals surface area contributed by atoms with Crippen molar-refractivity contribution in [2.75, 3.05) is 13.1 Å². The molecule has 98 valence electrons. The minimum absolute atomic E-state index is 0.389. The number of likely N-dealkylation sites (tertiary alicyclic amines) is 1. The van der Waals surface area contributed by atoms with E-state index in [0.29, 0.717) is 5.75 Å². The minimum Gasteiger partial charge on any atom is -0.508 e. The second kappa shape index (κ2) is 5.31. The molecule has 2 heteroatoms. The summed E-state index contributed by atoms with van der Waals surface area (Å²) in [4.78, 5) is 2.57. The van der Waals surface area contributed by atoms with E-state index >= 15 is 0 Å². The van der Waals surface area contributed by atoms with Gasteiger partial charge in [0, 0.05) is 13.1 Å². The molecule has 2 atom stereocenters. The van der Waals surface area contributed by atoms with Gasteiger partial charge in [-0.3, -0.25) is 4.90 Å². The van der Waals surface area contributed by atoms with Crippen LogP contribution in [0, 0.1) is 11.8 Å². The van der Waals surface area contributed by atoms with E-state index < -0.39 is 0 Å². The van der Waals surface area contributed by atoms with Crippen molar-refractivity contribution >= 4 is 0 Å².